The molecule has 0 amide bonds. The van der Waals surface area contributed by atoms with E-state index in [1.54, 1.807) is 0 Å². The van der Waals surface area contributed by atoms with E-state index in [4.69, 9.17) is 0 Å². The Kier molecular flexibility index (Phi) is 5.82. The summed E-state index contributed by atoms with van der Waals surface area (Å²) in [6, 6.07) is 60.3. The third-order valence-electron chi connectivity index (χ3n) is 11.0. The summed E-state index contributed by atoms with van der Waals surface area (Å²) in [5, 5.41) is 10.5. The topological polar surface area (TPSA) is 9.86 Å². The van der Waals surface area contributed by atoms with Crippen molar-refractivity contribution in [3.8, 4) is 11.4 Å². The van der Waals surface area contributed by atoms with Crippen molar-refractivity contribution in [3.05, 3.63) is 180 Å². The molecule has 10 aromatic rings. The maximum Gasteiger partial charge on any atom is 0.0542 e. The van der Waals surface area contributed by atoms with Gasteiger partial charge in [-0.05, 0) is 105 Å². The lowest BCUT2D eigenvalue weighted by Gasteiger charge is -2.22. The maximum absolute atomic E-state index is 2.46. The Balaban J connectivity index is 1.04. The van der Waals surface area contributed by atoms with Crippen molar-refractivity contribution < 1.29 is 0 Å². The monoisotopic (exact) mass is 636 g/mol. The van der Waals surface area contributed by atoms with Crippen LogP contribution in [0.2, 0.25) is 0 Å². The first-order chi connectivity index (χ1) is 24.8. The Bertz CT molecular complexity index is 2970. The van der Waals surface area contributed by atoms with Crippen molar-refractivity contribution in [1.82, 2.24) is 9.13 Å². The van der Waals surface area contributed by atoms with Gasteiger partial charge in [-0.2, -0.15) is 0 Å². The minimum absolute atomic E-state index is 1.04. The summed E-state index contributed by atoms with van der Waals surface area (Å²) in [7, 11) is 0. The summed E-state index contributed by atoms with van der Waals surface area (Å²) >= 11 is 0. The molecule has 0 radical (unpaired) electrons. The molecule has 0 saturated heterocycles. The van der Waals surface area contributed by atoms with Gasteiger partial charge in [0, 0.05) is 32.9 Å². The third kappa shape index (κ3) is 3.90. The van der Waals surface area contributed by atoms with Crippen LogP contribution in [0, 0.1) is 0 Å². The summed E-state index contributed by atoms with van der Waals surface area (Å²) in [5.74, 6) is 0. The van der Waals surface area contributed by atoms with E-state index in [0.717, 1.165) is 12.8 Å². The molecule has 2 heteroatoms. The quantitative estimate of drug-likeness (QED) is 0.171. The number of rotatable bonds is 3. The highest BCUT2D eigenvalue weighted by atomic mass is 15.0. The highest BCUT2D eigenvalue weighted by Crippen LogP contribution is 2.41. The molecule has 0 unspecified atom stereocenters. The molecule has 0 spiro atoms. The number of para-hydroxylation sites is 3. The second-order valence-electron chi connectivity index (χ2n) is 13.6. The van der Waals surface area contributed by atoms with E-state index in [9.17, 15) is 0 Å². The lowest BCUT2D eigenvalue weighted by Crippen LogP contribution is -2.02. The van der Waals surface area contributed by atoms with E-state index < -0.39 is 0 Å². The van der Waals surface area contributed by atoms with Crippen LogP contribution in [0.15, 0.2) is 164 Å². The van der Waals surface area contributed by atoms with Crippen molar-refractivity contribution in [2.45, 2.75) is 12.8 Å². The van der Waals surface area contributed by atoms with Gasteiger partial charge in [-0.25, -0.2) is 0 Å². The van der Waals surface area contributed by atoms with Crippen LogP contribution in [-0.2, 0) is 6.42 Å². The number of hydrogen-bond donors (Lipinski definition) is 0. The molecular formula is C48H32N2. The van der Waals surface area contributed by atoms with Crippen LogP contribution in [0.25, 0.3) is 88.2 Å². The molecule has 0 bridgehead atoms. The Morgan fingerprint density at radius 3 is 1.44 bits per heavy atom. The summed E-state index contributed by atoms with van der Waals surface area (Å²) in [4.78, 5) is 0. The minimum Gasteiger partial charge on any atom is -0.309 e. The van der Waals surface area contributed by atoms with Gasteiger partial charge in [0.25, 0.3) is 0 Å². The number of aromatic nitrogens is 2. The molecular weight excluding hydrogens is 605 g/mol. The van der Waals surface area contributed by atoms with E-state index in [1.807, 2.05) is 0 Å². The number of hydrogen-bond acceptors (Lipinski definition) is 0. The summed E-state index contributed by atoms with van der Waals surface area (Å²) in [5.41, 5.74) is 12.8. The fourth-order valence-electron chi connectivity index (χ4n) is 8.81. The molecule has 1 aliphatic rings. The maximum atomic E-state index is 2.46. The first kappa shape index (κ1) is 27.6. The predicted molar refractivity (Wildman–Crippen MR) is 213 cm³/mol. The van der Waals surface area contributed by atoms with Crippen LogP contribution in [0.5, 0.6) is 0 Å². The van der Waals surface area contributed by atoms with Gasteiger partial charge in [-0.3, -0.25) is 0 Å². The molecule has 8 aromatic carbocycles. The molecule has 50 heavy (non-hydrogen) atoms. The van der Waals surface area contributed by atoms with Crippen molar-refractivity contribution >= 4 is 76.8 Å². The van der Waals surface area contributed by atoms with Crippen LogP contribution >= 0.6 is 0 Å². The largest absolute Gasteiger partial charge is 0.309 e. The second-order valence-corrected chi connectivity index (χ2v) is 13.6. The van der Waals surface area contributed by atoms with E-state index in [0.29, 0.717) is 0 Å². The second kappa shape index (κ2) is 10.6. The smallest absolute Gasteiger partial charge is 0.0542 e. The van der Waals surface area contributed by atoms with E-state index in [1.165, 1.54) is 98.8 Å². The van der Waals surface area contributed by atoms with Crippen molar-refractivity contribution in [2.24, 2.45) is 0 Å². The number of allylic oxidation sites excluding steroid dienone is 1. The first-order valence-electron chi connectivity index (χ1n) is 17.6. The Labute approximate surface area is 289 Å². The minimum atomic E-state index is 1.04. The fraction of sp³-hybridized carbons (Fsp3) is 0.0417. The Morgan fingerprint density at radius 1 is 0.340 bits per heavy atom. The van der Waals surface area contributed by atoms with Crippen LogP contribution in [-0.4, -0.2) is 9.13 Å². The molecule has 2 heterocycles. The summed E-state index contributed by atoms with van der Waals surface area (Å²) in [6.07, 6.45) is 4.55. The van der Waals surface area contributed by atoms with Gasteiger partial charge in [0.1, 0.15) is 0 Å². The normalized spacial score (nSPS) is 13.2. The van der Waals surface area contributed by atoms with E-state index >= 15 is 0 Å². The van der Waals surface area contributed by atoms with Gasteiger partial charge >= 0.3 is 0 Å². The Hall–Kier alpha value is -6.38. The van der Waals surface area contributed by atoms with Crippen molar-refractivity contribution in [1.29, 1.82) is 0 Å². The number of nitrogens with zero attached hydrogens (tertiary/aromatic N) is 2. The summed E-state index contributed by atoms with van der Waals surface area (Å²) in [6.45, 7) is 0. The van der Waals surface area contributed by atoms with Crippen LogP contribution in [0.1, 0.15) is 23.1 Å². The molecule has 2 nitrogen and oxygen atoms in total. The van der Waals surface area contributed by atoms with E-state index in [-0.39, 0.29) is 0 Å². The SMILES string of the molecule is C1=C(c2ccc(-n3c4ccccc4c4cc(-n5c6ccccc6c6ccccc65)ccc43)cc2)CCc2c1c1ccccc1c1ccccc21. The molecule has 11 rings (SSSR count). The average Bonchev–Trinajstić information content (AvgIpc) is 3.70. The standard InChI is InChI=1S/C48H32N2/c1-2-13-37-35(11-1)36-12-3-4-14-38(36)43-29-32(23-27-39(37)43)31-21-24-33(25-22-31)49-47-20-10-7-17-42(47)44-30-34(26-28-48(44)49)50-45-18-8-5-15-40(45)41-16-6-9-19-46(41)50/h1-22,24-26,28-30H,23,27H2. The first-order valence-corrected chi connectivity index (χ1v) is 17.6. The predicted octanol–water partition coefficient (Wildman–Crippen LogP) is 12.7. The van der Waals surface area contributed by atoms with Crippen LogP contribution < -0.4 is 0 Å². The van der Waals surface area contributed by atoms with Crippen molar-refractivity contribution in [3.63, 3.8) is 0 Å². The van der Waals surface area contributed by atoms with Gasteiger partial charge in [-0.1, -0.05) is 121 Å². The number of fused-ring (bicyclic) bond motifs is 12. The summed E-state index contributed by atoms with van der Waals surface area (Å²) < 4.78 is 4.83. The number of aryl methyl sites for hydroxylation is 1. The molecule has 0 aliphatic heterocycles. The molecule has 0 saturated carbocycles. The van der Waals surface area contributed by atoms with Crippen molar-refractivity contribution in [2.75, 3.05) is 0 Å². The van der Waals surface area contributed by atoms with Gasteiger partial charge < -0.3 is 9.13 Å². The number of benzene rings is 8. The zero-order chi connectivity index (χ0) is 32.8. The zero-order valence-electron chi connectivity index (χ0n) is 27.5. The zero-order valence-corrected chi connectivity index (χ0v) is 27.5. The Morgan fingerprint density at radius 2 is 0.800 bits per heavy atom. The van der Waals surface area contributed by atoms with Gasteiger partial charge in [0.15, 0.2) is 0 Å². The molecule has 0 atom stereocenters. The van der Waals surface area contributed by atoms with E-state index in [2.05, 4.69) is 179 Å². The van der Waals surface area contributed by atoms with Crippen LogP contribution in [0.4, 0.5) is 0 Å². The third-order valence-corrected chi connectivity index (χ3v) is 11.0. The highest BCUT2D eigenvalue weighted by Gasteiger charge is 2.20. The molecule has 1 aliphatic carbocycles. The molecule has 0 N–H and O–H groups in total. The lowest BCUT2D eigenvalue weighted by atomic mass is 9.83. The average molecular weight is 637 g/mol. The molecule has 2 aromatic heterocycles. The highest BCUT2D eigenvalue weighted by molar-refractivity contribution is 6.15. The van der Waals surface area contributed by atoms with Gasteiger partial charge in [0.2, 0.25) is 0 Å². The lowest BCUT2D eigenvalue weighted by molar-refractivity contribution is 1.02. The fourth-order valence-corrected chi connectivity index (χ4v) is 8.81. The van der Waals surface area contributed by atoms with Gasteiger partial charge in [-0.15, -0.1) is 0 Å². The van der Waals surface area contributed by atoms with Gasteiger partial charge in [0.05, 0.1) is 22.1 Å². The molecule has 234 valence electrons. The molecule has 0 fully saturated rings. The van der Waals surface area contributed by atoms with Crippen LogP contribution in [0.3, 0.4) is 0 Å².